The highest BCUT2D eigenvalue weighted by Gasteiger charge is 2.18. The Morgan fingerprint density at radius 3 is 2.06 bits per heavy atom. The summed E-state index contributed by atoms with van der Waals surface area (Å²) in [5.74, 6) is 0. The molecule has 0 saturated heterocycles. The summed E-state index contributed by atoms with van der Waals surface area (Å²) in [6.07, 6.45) is 4.74. The molecule has 1 N–H and O–H groups in total. The number of carbonyl (C=O) groups is 1. The zero-order valence-corrected chi connectivity index (χ0v) is 19.8. The fraction of sp³-hybridized carbons (Fsp3) is 0.519. The highest BCUT2D eigenvalue weighted by atomic mass is 16.6. The number of aliphatic hydroxyl groups is 1. The van der Waals surface area contributed by atoms with Gasteiger partial charge in [-0.15, -0.1) is 0 Å². The van der Waals surface area contributed by atoms with Crippen LogP contribution in [0.25, 0.3) is 0 Å². The number of hydrogen-bond acceptors (Lipinski definition) is 4. The third-order valence-electron chi connectivity index (χ3n) is 5.72. The first-order valence-corrected chi connectivity index (χ1v) is 11.9. The van der Waals surface area contributed by atoms with Crippen LogP contribution in [0.4, 0.5) is 4.79 Å². The lowest BCUT2D eigenvalue weighted by molar-refractivity contribution is 0.0890. The first kappa shape index (κ1) is 25.9. The first-order valence-electron chi connectivity index (χ1n) is 11.9. The molecule has 0 aromatic heterocycles. The van der Waals surface area contributed by atoms with Crippen molar-refractivity contribution < 1.29 is 14.6 Å². The van der Waals surface area contributed by atoms with Crippen molar-refractivity contribution in [3.8, 4) is 0 Å². The molecule has 5 heteroatoms. The zero-order chi connectivity index (χ0) is 23.0. The maximum atomic E-state index is 12.9. The molecule has 176 valence electrons. The van der Waals surface area contributed by atoms with Gasteiger partial charge in [-0.1, -0.05) is 73.5 Å². The standard InChI is InChI=1S/C27H40N2O3/c1-24(2)28(18-11-3-4-12-22-30)20-21-29(19-17-25-13-7-5-8-14-25)27(31)32-23-26-15-9-6-10-16-26/h5-10,13-16,24,30H,3-4,11-12,17-23H2,1-2H3. The second-order valence-electron chi connectivity index (χ2n) is 8.53. The molecule has 2 aromatic carbocycles. The molecule has 5 nitrogen and oxygen atoms in total. The summed E-state index contributed by atoms with van der Waals surface area (Å²) < 4.78 is 5.64. The van der Waals surface area contributed by atoms with Crippen LogP contribution < -0.4 is 0 Å². The minimum atomic E-state index is -0.253. The molecule has 0 heterocycles. The molecule has 0 unspecified atom stereocenters. The van der Waals surface area contributed by atoms with Gasteiger partial charge in [-0.2, -0.15) is 0 Å². The van der Waals surface area contributed by atoms with E-state index < -0.39 is 0 Å². The molecule has 0 aliphatic rings. The van der Waals surface area contributed by atoms with Crippen LogP contribution in [0, 0.1) is 0 Å². The van der Waals surface area contributed by atoms with Crippen LogP contribution in [-0.4, -0.2) is 59.8 Å². The molecule has 0 bridgehead atoms. The topological polar surface area (TPSA) is 53.0 Å². The van der Waals surface area contributed by atoms with Crippen LogP contribution in [0.15, 0.2) is 60.7 Å². The number of hydrogen-bond donors (Lipinski definition) is 1. The molecule has 2 aromatic rings. The fourth-order valence-electron chi connectivity index (χ4n) is 3.67. The van der Waals surface area contributed by atoms with E-state index in [-0.39, 0.29) is 12.7 Å². The number of aliphatic hydroxyl groups excluding tert-OH is 1. The van der Waals surface area contributed by atoms with Gasteiger partial charge in [-0.3, -0.25) is 4.90 Å². The van der Waals surface area contributed by atoms with E-state index in [1.165, 1.54) is 5.56 Å². The molecule has 0 radical (unpaired) electrons. The molecule has 0 aliphatic carbocycles. The van der Waals surface area contributed by atoms with Gasteiger partial charge in [0.15, 0.2) is 0 Å². The van der Waals surface area contributed by atoms with E-state index in [4.69, 9.17) is 9.84 Å². The molecule has 32 heavy (non-hydrogen) atoms. The van der Waals surface area contributed by atoms with Crippen LogP contribution in [-0.2, 0) is 17.8 Å². The fourth-order valence-corrected chi connectivity index (χ4v) is 3.67. The van der Waals surface area contributed by atoms with Gasteiger partial charge < -0.3 is 14.7 Å². The Bertz CT molecular complexity index is 737. The van der Waals surface area contributed by atoms with E-state index in [0.29, 0.717) is 25.7 Å². The summed E-state index contributed by atoms with van der Waals surface area (Å²) in [6, 6.07) is 20.5. The van der Waals surface area contributed by atoms with Gasteiger partial charge in [0, 0.05) is 32.3 Å². The lowest BCUT2D eigenvalue weighted by Crippen LogP contribution is -2.42. The second-order valence-corrected chi connectivity index (χ2v) is 8.53. The van der Waals surface area contributed by atoms with Crippen molar-refractivity contribution >= 4 is 6.09 Å². The summed E-state index contributed by atoms with van der Waals surface area (Å²) in [4.78, 5) is 17.2. The van der Waals surface area contributed by atoms with Crippen LogP contribution in [0.2, 0.25) is 0 Å². The lowest BCUT2D eigenvalue weighted by atomic mass is 10.1. The van der Waals surface area contributed by atoms with Gasteiger partial charge in [0.25, 0.3) is 0 Å². The Kier molecular flexibility index (Phi) is 12.5. The molecule has 0 atom stereocenters. The summed E-state index contributed by atoms with van der Waals surface area (Å²) in [5.41, 5.74) is 2.22. The number of ether oxygens (including phenoxy) is 1. The monoisotopic (exact) mass is 440 g/mol. The quantitative estimate of drug-likeness (QED) is 0.390. The van der Waals surface area contributed by atoms with E-state index in [0.717, 1.165) is 50.8 Å². The Hall–Kier alpha value is -2.37. The smallest absolute Gasteiger partial charge is 0.410 e. The lowest BCUT2D eigenvalue weighted by Gasteiger charge is -2.30. The minimum absolute atomic E-state index is 0.253. The molecule has 0 saturated carbocycles. The van der Waals surface area contributed by atoms with E-state index in [2.05, 4.69) is 30.9 Å². The summed E-state index contributed by atoms with van der Waals surface area (Å²) in [5, 5.41) is 8.95. The van der Waals surface area contributed by atoms with Crippen LogP contribution in [0.3, 0.4) is 0 Å². The van der Waals surface area contributed by atoms with Crippen molar-refractivity contribution in [1.82, 2.24) is 9.80 Å². The van der Waals surface area contributed by atoms with E-state index in [1.807, 2.05) is 53.4 Å². The average molecular weight is 441 g/mol. The van der Waals surface area contributed by atoms with Crippen molar-refractivity contribution in [1.29, 1.82) is 0 Å². The van der Waals surface area contributed by atoms with Crippen LogP contribution in [0.5, 0.6) is 0 Å². The van der Waals surface area contributed by atoms with Crippen molar-refractivity contribution in [2.24, 2.45) is 0 Å². The van der Waals surface area contributed by atoms with Gasteiger partial charge >= 0.3 is 6.09 Å². The normalized spacial score (nSPS) is 11.2. The Balaban J connectivity index is 1.91. The van der Waals surface area contributed by atoms with Crippen LogP contribution in [0.1, 0.15) is 50.7 Å². The van der Waals surface area contributed by atoms with Crippen molar-refractivity contribution in [3.63, 3.8) is 0 Å². The maximum Gasteiger partial charge on any atom is 0.410 e. The molecule has 0 fully saturated rings. The number of nitrogens with zero attached hydrogens (tertiary/aromatic N) is 2. The molecule has 0 spiro atoms. The Labute approximate surface area is 194 Å². The van der Waals surface area contributed by atoms with Crippen molar-refractivity contribution in [3.05, 3.63) is 71.8 Å². The maximum absolute atomic E-state index is 12.9. The van der Waals surface area contributed by atoms with Crippen LogP contribution >= 0.6 is 0 Å². The predicted octanol–water partition coefficient (Wildman–Crippen LogP) is 5.13. The number of amides is 1. The third-order valence-corrected chi connectivity index (χ3v) is 5.72. The van der Waals surface area contributed by atoms with E-state index >= 15 is 0 Å². The largest absolute Gasteiger partial charge is 0.445 e. The summed E-state index contributed by atoms with van der Waals surface area (Å²) >= 11 is 0. The summed E-state index contributed by atoms with van der Waals surface area (Å²) in [6.45, 7) is 8.10. The Morgan fingerprint density at radius 2 is 1.44 bits per heavy atom. The van der Waals surface area contributed by atoms with Gasteiger partial charge in [-0.05, 0) is 50.8 Å². The molecular weight excluding hydrogens is 400 g/mol. The van der Waals surface area contributed by atoms with Gasteiger partial charge in [-0.25, -0.2) is 4.79 Å². The number of unbranched alkanes of at least 4 members (excludes halogenated alkanes) is 3. The number of rotatable bonds is 15. The van der Waals surface area contributed by atoms with Gasteiger partial charge in [0.05, 0.1) is 0 Å². The first-order chi connectivity index (χ1) is 15.6. The van der Waals surface area contributed by atoms with E-state index in [1.54, 1.807) is 0 Å². The zero-order valence-electron chi connectivity index (χ0n) is 19.8. The molecule has 2 rings (SSSR count). The highest BCUT2D eigenvalue weighted by molar-refractivity contribution is 5.67. The van der Waals surface area contributed by atoms with Crippen molar-refractivity contribution in [2.45, 2.75) is 58.6 Å². The predicted molar refractivity (Wildman–Crippen MR) is 131 cm³/mol. The molecule has 1 amide bonds. The second kappa shape index (κ2) is 15.4. The van der Waals surface area contributed by atoms with Crippen molar-refractivity contribution in [2.75, 3.05) is 32.8 Å². The minimum Gasteiger partial charge on any atom is -0.445 e. The van der Waals surface area contributed by atoms with Gasteiger partial charge in [0.1, 0.15) is 6.61 Å². The Morgan fingerprint density at radius 1 is 0.812 bits per heavy atom. The molecule has 0 aliphatic heterocycles. The van der Waals surface area contributed by atoms with E-state index in [9.17, 15) is 4.79 Å². The summed E-state index contributed by atoms with van der Waals surface area (Å²) in [7, 11) is 0. The number of carbonyl (C=O) groups excluding carboxylic acids is 1. The molecular formula is C27H40N2O3. The average Bonchev–Trinajstić information content (AvgIpc) is 2.82. The van der Waals surface area contributed by atoms with Gasteiger partial charge in [0.2, 0.25) is 0 Å². The SMILES string of the molecule is CC(C)N(CCCCCCO)CCN(CCc1ccccc1)C(=O)OCc1ccccc1. The number of benzene rings is 2. The third kappa shape index (κ3) is 10.3. The highest BCUT2D eigenvalue weighted by Crippen LogP contribution is 2.09.